The summed E-state index contributed by atoms with van der Waals surface area (Å²) in [5.41, 5.74) is -0.136. The zero-order valence-corrected chi connectivity index (χ0v) is 57.9. The van der Waals surface area contributed by atoms with Crippen molar-refractivity contribution in [1.29, 1.82) is 0 Å². The first-order valence-corrected chi connectivity index (χ1v) is 36.3. The van der Waals surface area contributed by atoms with Gasteiger partial charge in [-0.2, -0.15) is 12.9 Å². The number of rotatable bonds is 18. The van der Waals surface area contributed by atoms with Crippen LogP contribution in [0.15, 0.2) is 136 Å². The second-order valence-corrected chi connectivity index (χ2v) is 30.7. The van der Waals surface area contributed by atoms with Crippen molar-refractivity contribution in [3.63, 3.8) is 0 Å². The number of hydrogen-bond acceptors (Lipinski definition) is 13. The molecule has 534 valence electrons. The highest BCUT2D eigenvalue weighted by Gasteiger charge is 2.41. The Balaban J connectivity index is 0.000000162. The molecule has 3 aromatic heterocycles. The minimum absolute atomic E-state index is 0.0146. The lowest BCUT2D eigenvalue weighted by molar-refractivity contribution is -0.0608. The number of carbonyl (C=O) groups is 3. The molecule has 6 aromatic carbocycles. The average molecular weight is 1470 g/mol. The standard InChI is InChI=1S/C23H25ClFN3O4S.C23H24F3N3O4S.C22H23F2N3O5S/c1-3-23(32-2)7-10-28(11-8-23)33(30,31)16-13-18(17-6-9-26-21(17)14-16)22(29)27-15-4-5-20(25)19(24)12-15;1-3-23(33-2)5-8-29(9-6-23)34(31,32)15-12-17(16-4-7-27-20(16)13-15)22(30)28-14-10-18(24)21(26)19(25)11-14;1-32-13-22(29)5-8-27(9-6-22)33(30,31)15-11-17(16-4-7-25-20(16)12-15)21(28)26-14-2-3-18(23)19(24)10-14/h4-6,9,12-14,26H,3,7-8,10-11H2,1-2H3,(H,27,29);4,7,10-13,27H,3,5-6,8-9H2,1-2H3,(H,28,30);2-4,7,10-12,25,29H,5-6,8-9,13H2,1H3,(H,26,28). The number of carbonyl (C=O) groups excluding carboxylic acids is 3. The van der Waals surface area contributed by atoms with E-state index >= 15 is 0 Å². The third-order valence-corrected chi connectivity index (χ3v) is 24.6. The van der Waals surface area contributed by atoms with Crippen molar-refractivity contribution in [2.45, 2.75) is 96.7 Å². The summed E-state index contributed by atoms with van der Waals surface area (Å²) in [6, 6.07) is 21.3. The van der Waals surface area contributed by atoms with E-state index in [1.165, 1.54) is 74.6 Å². The first-order valence-electron chi connectivity index (χ1n) is 31.6. The molecule has 3 saturated heterocycles. The van der Waals surface area contributed by atoms with Crippen LogP contribution in [0.5, 0.6) is 0 Å². The van der Waals surface area contributed by atoms with Crippen LogP contribution in [0.25, 0.3) is 32.7 Å². The Morgan fingerprint density at radius 3 is 1.15 bits per heavy atom. The number of ether oxygens (including phenoxy) is 3. The molecule has 0 atom stereocenters. The highest BCUT2D eigenvalue weighted by atomic mass is 35.5. The number of anilines is 3. The second kappa shape index (κ2) is 30.2. The quantitative estimate of drug-likeness (QED) is 0.0311. The van der Waals surface area contributed by atoms with Gasteiger partial charge in [0.05, 0.1) is 59.8 Å². The average Bonchev–Trinajstić information content (AvgIpc) is 1.30. The predicted molar refractivity (Wildman–Crippen MR) is 364 cm³/mol. The van der Waals surface area contributed by atoms with Gasteiger partial charge in [0.1, 0.15) is 5.82 Å². The minimum atomic E-state index is -3.97. The highest BCUT2D eigenvalue weighted by molar-refractivity contribution is 7.89. The number of piperidine rings is 3. The summed E-state index contributed by atoms with van der Waals surface area (Å²) in [4.78, 5) is 47.6. The number of nitrogens with one attached hydrogen (secondary N) is 6. The van der Waals surface area contributed by atoms with Crippen molar-refractivity contribution >= 4 is 109 Å². The summed E-state index contributed by atoms with van der Waals surface area (Å²) in [6.07, 6.45) is 9.04. The molecule has 3 aliphatic rings. The van der Waals surface area contributed by atoms with Gasteiger partial charge >= 0.3 is 0 Å². The van der Waals surface area contributed by atoms with Crippen molar-refractivity contribution in [1.82, 2.24) is 27.9 Å². The number of nitrogens with zero attached hydrogens (tertiary/aromatic N) is 3. The van der Waals surface area contributed by atoms with Crippen LogP contribution in [-0.4, -0.2) is 160 Å². The minimum Gasteiger partial charge on any atom is -0.387 e. The number of methoxy groups -OCH3 is 3. The summed E-state index contributed by atoms with van der Waals surface area (Å²) in [7, 11) is -6.98. The molecule has 0 spiro atoms. The number of aliphatic hydroxyl groups is 1. The van der Waals surface area contributed by atoms with Crippen LogP contribution < -0.4 is 16.0 Å². The lowest BCUT2D eigenvalue weighted by Crippen LogP contribution is -2.48. The van der Waals surface area contributed by atoms with Gasteiger partial charge in [0.15, 0.2) is 29.1 Å². The third kappa shape index (κ3) is 15.8. The first kappa shape index (κ1) is 74.5. The Hall–Kier alpha value is -8.21. The molecular weight excluding hydrogens is 1400 g/mol. The van der Waals surface area contributed by atoms with E-state index in [4.69, 9.17) is 25.8 Å². The number of fused-ring (bicyclic) bond motifs is 3. The Morgan fingerprint density at radius 1 is 0.470 bits per heavy atom. The van der Waals surface area contributed by atoms with E-state index < -0.39 is 88.3 Å². The van der Waals surface area contributed by atoms with E-state index in [1.54, 1.807) is 51.0 Å². The SMILES string of the molecule is CCC1(OC)CCN(S(=O)(=O)c2cc(C(=O)Nc3cc(F)c(F)c(F)c3)c3cc[nH]c3c2)CC1.CCC1(OC)CCN(S(=O)(=O)c2cc(C(=O)Nc3ccc(F)c(Cl)c3)c3cc[nH]c3c2)CC1.COCC1(O)CCN(S(=O)(=O)c2cc(C(=O)Nc3ccc(F)c(F)c3)c3cc[nH]c3c2)CC1. The van der Waals surface area contributed by atoms with E-state index in [2.05, 4.69) is 30.9 Å². The molecule has 0 unspecified atom stereocenters. The number of benzene rings is 6. The lowest BCUT2D eigenvalue weighted by Gasteiger charge is -2.39. The second-order valence-electron chi connectivity index (χ2n) is 24.5. The van der Waals surface area contributed by atoms with Gasteiger partial charge in [-0.15, -0.1) is 0 Å². The fraction of sp³-hybridized carbons (Fsp3) is 0.338. The third-order valence-electron chi connectivity index (χ3n) is 18.7. The van der Waals surface area contributed by atoms with Gasteiger partial charge in [0, 0.05) is 147 Å². The van der Waals surface area contributed by atoms with E-state index in [0.29, 0.717) is 89.3 Å². The molecule has 0 bridgehead atoms. The first-order chi connectivity index (χ1) is 47.4. The van der Waals surface area contributed by atoms with E-state index in [-0.39, 0.29) is 105 Å². The number of aromatic amines is 3. The summed E-state index contributed by atoms with van der Waals surface area (Å²) < 4.78 is 181. The van der Waals surface area contributed by atoms with Crippen molar-refractivity contribution in [3.05, 3.63) is 178 Å². The monoisotopic (exact) mass is 1470 g/mol. The van der Waals surface area contributed by atoms with Gasteiger partial charge in [-0.1, -0.05) is 25.4 Å². The van der Waals surface area contributed by atoms with Crippen LogP contribution >= 0.6 is 11.6 Å². The lowest BCUT2D eigenvalue weighted by atomic mass is 9.90. The molecule has 0 radical (unpaired) electrons. The van der Waals surface area contributed by atoms with Gasteiger partial charge in [-0.05, 0) is 136 Å². The summed E-state index contributed by atoms with van der Waals surface area (Å²) >= 11 is 5.81. The van der Waals surface area contributed by atoms with Crippen molar-refractivity contribution in [2.75, 3.05) is 83.2 Å². The topological polar surface area (TPSA) is 295 Å². The summed E-state index contributed by atoms with van der Waals surface area (Å²) in [6.45, 7) is 5.55. The van der Waals surface area contributed by atoms with Gasteiger partial charge < -0.3 is 50.2 Å². The molecule has 0 aliphatic carbocycles. The Labute approximate surface area is 577 Å². The maximum atomic E-state index is 13.6. The fourth-order valence-corrected chi connectivity index (χ4v) is 17.1. The van der Waals surface area contributed by atoms with Gasteiger partial charge in [0.25, 0.3) is 17.7 Å². The fourth-order valence-electron chi connectivity index (χ4n) is 12.5. The zero-order valence-electron chi connectivity index (χ0n) is 54.7. The number of H-pyrrole nitrogens is 3. The molecule has 0 saturated carbocycles. The number of amides is 3. The van der Waals surface area contributed by atoms with Gasteiger partial charge in [0.2, 0.25) is 30.1 Å². The Bertz CT molecular complexity index is 4880. The molecule has 3 fully saturated rings. The van der Waals surface area contributed by atoms with Crippen molar-refractivity contribution in [3.8, 4) is 0 Å². The molecule has 100 heavy (non-hydrogen) atoms. The van der Waals surface area contributed by atoms with Crippen LogP contribution in [0.2, 0.25) is 5.02 Å². The number of hydrogen-bond donors (Lipinski definition) is 7. The van der Waals surface area contributed by atoms with Crippen LogP contribution in [0, 0.1) is 34.9 Å². The molecule has 32 heteroatoms. The van der Waals surface area contributed by atoms with Crippen molar-refractivity contribution in [2.24, 2.45) is 0 Å². The van der Waals surface area contributed by atoms with Crippen LogP contribution in [0.4, 0.5) is 43.4 Å². The van der Waals surface area contributed by atoms with Crippen LogP contribution in [0.3, 0.4) is 0 Å². The van der Waals surface area contributed by atoms with Crippen LogP contribution in [0.1, 0.15) is 96.3 Å². The summed E-state index contributed by atoms with van der Waals surface area (Å²) in [5.74, 6) is -9.32. The Morgan fingerprint density at radius 2 is 0.810 bits per heavy atom. The van der Waals surface area contributed by atoms with Crippen LogP contribution in [-0.2, 0) is 44.3 Å². The molecule has 6 heterocycles. The van der Waals surface area contributed by atoms with Gasteiger partial charge in [-0.3, -0.25) is 14.4 Å². The largest absolute Gasteiger partial charge is 0.387 e. The number of halogens is 7. The summed E-state index contributed by atoms with van der Waals surface area (Å²) in [5, 5.41) is 19.3. The smallest absolute Gasteiger partial charge is 0.256 e. The molecular formula is C68H72ClF6N9O13S3. The zero-order chi connectivity index (χ0) is 72.3. The molecule has 12 rings (SSSR count). The predicted octanol–water partition coefficient (Wildman–Crippen LogP) is 12.1. The number of aromatic nitrogens is 3. The maximum absolute atomic E-state index is 13.6. The highest BCUT2D eigenvalue weighted by Crippen LogP contribution is 2.37. The normalized spacial score (nSPS) is 16.7. The number of sulfonamides is 3. The maximum Gasteiger partial charge on any atom is 0.256 e. The van der Waals surface area contributed by atoms with E-state index in [1.807, 2.05) is 13.8 Å². The molecule has 9 aromatic rings. The molecule has 7 N–H and O–H groups in total. The molecule has 22 nitrogen and oxygen atoms in total. The van der Waals surface area contributed by atoms with Gasteiger partial charge in [-0.25, -0.2) is 51.6 Å². The van der Waals surface area contributed by atoms with E-state index in [9.17, 15) is 71.1 Å². The molecule has 3 amide bonds. The Kier molecular flexibility index (Phi) is 22.5. The van der Waals surface area contributed by atoms with Crippen molar-refractivity contribution < 1.29 is 85.3 Å². The van der Waals surface area contributed by atoms with E-state index in [0.717, 1.165) is 31.0 Å². The molecule has 3 aliphatic heterocycles.